The first-order valence-electron chi connectivity index (χ1n) is 9.86. The molecule has 0 aliphatic heterocycles. The summed E-state index contributed by atoms with van der Waals surface area (Å²) in [5, 5.41) is 1.09. The van der Waals surface area contributed by atoms with E-state index in [4.69, 9.17) is 18.9 Å². The summed E-state index contributed by atoms with van der Waals surface area (Å²) in [7, 11) is 0. The Hall–Kier alpha value is -0.210. The minimum atomic E-state index is 0.518. The summed E-state index contributed by atoms with van der Waals surface area (Å²) in [5.74, 6) is 0.621. The number of alkyl halides is 1. The molecule has 156 valence electrons. The molecular formula is C20H33Br2NO4. The van der Waals surface area contributed by atoms with Gasteiger partial charge in [0.25, 0.3) is 0 Å². The molecule has 0 N–H and O–H groups in total. The van der Waals surface area contributed by atoms with Gasteiger partial charge in [0.2, 0.25) is 5.88 Å². The standard InChI is InChI=1S/C20H33Br2NO4/c21-10-2-1-3-11-24-12-4-5-13-25-14-6-7-15-26-16-17-27-20-9-8-19(22)18-23-20/h8-9,18H,1-7,10-17H2. The second-order valence-electron chi connectivity index (χ2n) is 6.16. The van der Waals surface area contributed by atoms with Gasteiger partial charge in [-0.25, -0.2) is 4.98 Å². The lowest BCUT2D eigenvalue weighted by atomic mass is 10.3. The van der Waals surface area contributed by atoms with Gasteiger partial charge in [-0.1, -0.05) is 22.4 Å². The highest BCUT2D eigenvalue weighted by Gasteiger charge is 1.96. The first-order chi connectivity index (χ1) is 13.3. The monoisotopic (exact) mass is 509 g/mol. The Morgan fingerprint density at radius 3 is 1.74 bits per heavy atom. The van der Waals surface area contributed by atoms with E-state index in [1.165, 1.54) is 12.8 Å². The molecular weight excluding hydrogens is 478 g/mol. The van der Waals surface area contributed by atoms with E-state index in [0.29, 0.717) is 19.1 Å². The maximum absolute atomic E-state index is 5.64. The van der Waals surface area contributed by atoms with Crippen molar-refractivity contribution in [1.82, 2.24) is 4.98 Å². The van der Waals surface area contributed by atoms with Gasteiger partial charge in [-0.3, -0.25) is 0 Å². The van der Waals surface area contributed by atoms with Crippen molar-refractivity contribution in [3.05, 3.63) is 22.8 Å². The Morgan fingerprint density at radius 1 is 0.667 bits per heavy atom. The van der Waals surface area contributed by atoms with E-state index in [1.54, 1.807) is 6.20 Å². The molecule has 0 aliphatic rings. The van der Waals surface area contributed by atoms with E-state index in [2.05, 4.69) is 36.8 Å². The van der Waals surface area contributed by atoms with Crippen LogP contribution in [0.5, 0.6) is 5.88 Å². The summed E-state index contributed by atoms with van der Waals surface area (Å²) in [6.07, 6.45) is 9.54. The molecule has 0 unspecified atom stereocenters. The maximum atomic E-state index is 5.64. The zero-order valence-corrected chi connectivity index (χ0v) is 19.3. The summed E-state index contributed by atoms with van der Waals surface area (Å²) in [5.41, 5.74) is 0. The number of hydrogen-bond acceptors (Lipinski definition) is 5. The van der Waals surface area contributed by atoms with Gasteiger partial charge in [-0.05, 0) is 60.5 Å². The van der Waals surface area contributed by atoms with Crippen molar-refractivity contribution < 1.29 is 18.9 Å². The number of rotatable bonds is 19. The van der Waals surface area contributed by atoms with Crippen LogP contribution in [0.1, 0.15) is 44.9 Å². The molecule has 1 aromatic rings. The predicted octanol–water partition coefficient (Wildman–Crippen LogP) is 5.40. The average Bonchev–Trinajstić information content (AvgIpc) is 2.68. The zero-order valence-electron chi connectivity index (χ0n) is 16.2. The van der Waals surface area contributed by atoms with Gasteiger partial charge in [0.1, 0.15) is 6.61 Å². The molecule has 1 rings (SSSR count). The van der Waals surface area contributed by atoms with Crippen molar-refractivity contribution in [2.75, 3.05) is 51.6 Å². The lowest BCUT2D eigenvalue weighted by Crippen LogP contribution is -2.08. The highest BCUT2D eigenvalue weighted by atomic mass is 79.9. The number of pyridine rings is 1. The Kier molecular flexibility index (Phi) is 17.6. The second-order valence-corrected chi connectivity index (χ2v) is 7.87. The molecule has 0 spiro atoms. The minimum absolute atomic E-state index is 0.518. The third-order valence-corrected chi connectivity index (χ3v) is 4.78. The van der Waals surface area contributed by atoms with Gasteiger partial charge in [0.05, 0.1) is 6.61 Å². The third kappa shape index (κ3) is 16.4. The molecule has 5 nitrogen and oxygen atoms in total. The van der Waals surface area contributed by atoms with E-state index >= 15 is 0 Å². The van der Waals surface area contributed by atoms with Gasteiger partial charge >= 0.3 is 0 Å². The van der Waals surface area contributed by atoms with Gasteiger partial charge in [0, 0.05) is 55.1 Å². The highest BCUT2D eigenvalue weighted by molar-refractivity contribution is 9.10. The lowest BCUT2D eigenvalue weighted by molar-refractivity contribution is 0.0792. The largest absolute Gasteiger partial charge is 0.475 e. The Morgan fingerprint density at radius 2 is 1.22 bits per heavy atom. The number of hydrogen-bond donors (Lipinski definition) is 0. The van der Waals surface area contributed by atoms with E-state index in [1.807, 2.05) is 12.1 Å². The highest BCUT2D eigenvalue weighted by Crippen LogP contribution is 2.11. The van der Waals surface area contributed by atoms with Crippen LogP contribution in [0.15, 0.2) is 22.8 Å². The van der Waals surface area contributed by atoms with Gasteiger partial charge < -0.3 is 18.9 Å². The average molecular weight is 511 g/mol. The van der Waals surface area contributed by atoms with E-state index in [9.17, 15) is 0 Å². The fourth-order valence-electron chi connectivity index (χ4n) is 2.25. The topological polar surface area (TPSA) is 49.8 Å². The minimum Gasteiger partial charge on any atom is -0.475 e. The smallest absolute Gasteiger partial charge is 0.213 e. The molecule has 0 atom stereocenters. The number of aromatic nitrogens is 1. The fourth-order valence-corrected chi connectivity index (χ4v) is 2.88. The molecule has 0 fully saturated rings. The van der Waals surface area contributed by atoms with Crippen molar-refractivity contribution >= 4 is 31.9 Å². The van der Waals surface area contributed by atoms with Crippen molar-refractivity contribution in [2.24, 2.45) is 0 Å². The van der Waals surface area contributed by atoms with Crippen LogP contribution in [0.25, 0.3) is 0 Å². The van der Waals surface area contributed by atoms with Crippen molar-refractivity contribution in [3.8, 4) is 5.88 Å². The molecule has 0 aliphatic carbocycles. The van der Waals surface area contributed by atoms with Crippen LogP contribution in [0.3, 0.4) is 0 Å². The molecule has 7 heteroatoms. The molecule has 1 aromatic heterocycles. The van der Waals surface area contributed by atoms with Crippen molar-refractivity contribution in [2.45, 2.75) is 44.9 Å². The number of unbranched alkanes of at least 4 members (excludes halogenated alkanes) is 4. The summed E-state index contributed by atoms with van der Waals surface area (Å²) in [4.78, 5) is 4.14. The van der Waals surface area contributed by atoms with E-state index in [0.717, 1.165) is 74.9 Å². The molecule has 1 heterocycles. The normalized spacial score (nSPS) is 11.0. The van der Waals surface area contributed by atoms with Gasteiger partial charge in [0.15, 0.2) is 0 Å². The molecule has 0 bridgehead atoms. The van der Waals surface area contributed by atoms with E-state index in [-0.39, 0.29) is 0 Å². The zero-order chi connectivity index (χ0) is 19.4. The second kappa shape index (κ2) is 19.1. The summed E-state index contributed by atoms with van der Waals surface area (Å²) >= 11 is 6.78. The fraction of sp³-hybridized carbons (Fsp3) is 0.750. The quantitative estimate of drug-likeness (QED) is 0.184. The van der Waals surface area contributed by atoms with Crippen LogP contribution in [-0.2, 0) is 14.2 Å². The molecule has 0 saturated carbocycles. The third-order valence-electron chi connectivity index (χ3n) is 3.75. The van der Waals surface area contributed by atoms with Crippen molar-refractivity contribution in [3.63, 3.8) is 0 Å². The summed E-state index contributed by atoms with van der Waals surface area (Å²) in [6.45, 7) is 5.20. The van der Waals surface area contributed by atoms with Crippen LogP contribution in [0.2, 0.25) is 0 Å². The summed E-state index contributed by atoms with van der Waals surface area (Å²) in [6, 6.07) is 3.74. The predicted molar refractivity (Wildman–Crippen MR) is 116 cm³/mol. The molecule has 0 saturated heterocycles. The Labute approximate surface area is 180 Å². The first-order valence-corrected chi connectivity index (χ1v) is 11.8. The SMILES string of the molecule is BrCCCCCOCCCCOCCCCOCCOc1ccc(Br)cn1. The molecule has 0 radical (unpaired) electrons. The number of halogens is 2. The van der Waals surface area contributed by atoms with Gasteiger partial charge in [-0.2, -0.15) is 0 Å². The molecule has 0 amide bonds. The van der Waals surface area contributed by atoms with Crippen LogP contribution in [0, 0.1) is 0 Å². The van der Waals surface area contributed by atoms with E-state index < -0.39 is 0 Å². The van der Waals surface area contributed by atoms with Crippen molar-refractivity contribution in [1.29, 1.82) is 0 Å². The molecule has 27 heavy (non-hydrogen) atoms. The first kappa shape index (κ1) is 24.8. The van der Waals surface area contributed by atoms with Crippen LogP contribution >= 0.6 is 31.9 Å². The number of ether oxygens (including phenoxy) is 4. The van der Waals surface area contributed by atoms with Crippen LogP contribution in [-0.4, -0.2) is 56.6 Å². The Balaban J connectivity index is 1.71. The summed E-state index contributed by atoms with van der Waals surface area (Å²) < 4.78 is 23.2. The lowest BCUT2D eigenvalue weighted by Gasteiger charge is -2.07. The number of nitrogens with zero attached hydrogens (tertiary/aromatic N) is 1. The molecule has 0 aromatic carbocycles. The van der Waals surface area contributed by atoms with Gasteiger partial charge in [-0.15, -0.1) is 0 Å². The maximum Gasteiger partial charge on any atom is 0.213 e. The van der Waals surface area contributed by atoms with Crippen LogP contribution in [0.4, 0.5) is 0 Å². The van der Waals surface area contributed by atoms with Crippen LogP contribution < -0.4 is 4.74 Å². The Bertz CT molecular complexity index is 434.